The third-order valence-corrected chi connectivity index (χ3v) is 7.04. The molecule has 0 aromatic heterocycles. The van der Waals surface area contributed by atoms with E-state index in [1.54, 1.807) is 42.2 Å². The molecule has 2 aromatic carbocycles. The summed E-state index contributed by atoms with van der Waals surface area (Å²) in [4.78, 5) is 41.4. The van der Waals surface area contributed by atoms with E-state index in [0.29, 0.717) is 11.5 Å². The van der Waals surface area contributed by atoms with Gasteiger partial charge >= 0.3 is 6.18 Å². The van der Waals surface area contributed by atoms with Crippen LogP contribution in [-0.2, 0) is 11.0 Å². The lowest BCUT2D eigenvalue weighted by Gasteiger charge is -2.67. The first-order chi connectivity index (χ1) is 15.1. The molecule has 0 saturated heterocycles. The summed E-state index contributed by atoms with van der Waals surface area (Å²) >= 11 is 0. The van der Waals surface area contributed by atoms with E-state index < -0.39 is 47.6 Å². The third-order valence-electron chi connectivity index (χ3n) is 7.04. The lowest BCUT2D eigenvalue weighted by atomic mass is 9.48. The maximum absolute atomic E-state index is 13.5. The standard InChI is InChI=1S/C24H21F3N2O3/c1-14(16-5-4-6-17(9-16)24(25,26)27)29(23-10-15(11-23)12-23)20(30)13-28-21(31)18-7-2-3-8-19(18)22(28)32/h2-9,14-15H,10-13H2,1H3. The SMILES string of the molecule is CC(c1cccc(C(F)(F)F)c1)N(C(=O)CN1C(=O)c2ccccc2C1=O)C12CC(C1)C2. The number of imide groups is 1. The second-order valence-corrected chi connectivity index (χ2v) is 9.01. The predicted octanol–water partition coefficient (Wildman–Crippen LogP) is 4.44. The lowest BCUT2D eigenvalue weighted by molar-refractivity contribution is -0.180. The maximum Gasteiger partial charge on any atom is 0.416 e. The van der Waals surface area contributed by atoms with Crippen LogP contribution in [0.5, 0.6) is 0 Å². The third kappa shape index (κ3) is 3.04. The molecule has 8 heteroatoms. The van der Waals surface area contributed by atoms with Crippen LogP contribution in [0, 0.1) is 5.92 Å². The molecule has 3 amide bonds. The van der Waals surface area contributed by atoms with Crippen LogP contribution in [-0.4, -0.2) is 39.6 Å². The monoisotopic (exact) mass is 442 g/mol. The number of carbonyl (C=O) groups excluding carboxylic acids is 3. The Morgan fingerprint density at radius 3 is 2.16 bits per heavy atom. The van der Waals surface area contributed by atoms with E-state index in [2.05, 4.69) is 0 Å². The van der Waals surface area contributed by atoms with Crippen molar-refractivity contribution in [3.63, 3.8) is 0 Å². The van der Waals surface area contributed by atoms with Crippen molar-refractivity contribution in [3.8, 4) is 0 Å². The van der Waals surface area contributed by atoms with Crippen LogP contribution < -0.4 is 0 Å². The van der Waals surface area contributed by atoms with Crippen LogP contribution in [0.1, 0.15) is 64.1 Å². The average Bonchev–Trinajstić information content (AvgIpc) is 2.93. The second-order valence-electron chi connectivity index (χ2n) is 9.01. The number of fused-ring (bicyclic) bond motifs is 1. The molecule has 5 nitrogen and oxygen atoms in total. The van der Waals surface area contributed by atoms with Gasteiger partial charge in [0.05, 0.1) is 22.7 Å². The topological polar surface area (TPSA) is 57.7 Å². The lowest BCUT2D eigenvalue weighted by Crippen LogP contribution is -2.70. The highest BCUT2D eigenvalue weighted by atomic mass is 19.4. The number of halogens is 3. The van der Waals surface area contributed by atoms with E-state index in [4.69, 9.17) is 0 Å². The van der Waals surface area contributed by atoms with Crippen LogP contribution >= 0.6 is 0 Å². The summed E-state index contributed by atoms with van der Waals surface area (Å²) in [6, 6.07) is 10.8. The zero-order chi connectivity index (χ0) is 22.8. The van der Waals surface area contributed by atoms with Gasteiger partial charge in [-0.25, -0.2) is 0 Å². The molecule has 0 radical (unpaired) electrons. The Bertz CT molecular complexity index is 1090. The van der Waals surface area contributed by atoms with Crippen LogP contribution in [0.4, 0.5) is 13.2 Å². The number of carbonyl (C=O) groups is 3. The predicted molar refractivity (Wildman–Crippen MR) is 109 cm³/mol. The van der Waals surface area contributed by atoms with E-state index in [-0.39, 0.29) is 11.1 Å². The smallest absolute Gasteiger partial charge is 0.329 e. The molecule has 1 aliphatic heterocycles. The summed E-state index contributed by atoms with van der Waals surface area (Å²) in [6.07, 6.45) is -2.10. The van der Waals surface area contributed by atoms with Crippen molar-refractivity contribution in [1.82, 2.24) is 9.80 Å². The number of hydrogen-bond acceptors (Lipinski definition) is 3. The molecule has 4 aliphatic rings. The quantitative estimate of drug-likeness (QED) is 0.644. The van der Waals surface area contributed by atoms with Crippen molar-refractivity contribution in [2.75, 3.05) is 6.54 Å². The summed E-state index contributed by atoms with van der Waals surface area (Å²) in [6.45, 7) is 1.28. The highest BCUT2D eigenvalue weighted by molar-refractivity contribution is 6.22. The largest absolute Gasteiger partial charge is 0.416 e. The second kappa shape index (κ2) is 6.92. The number of hydrogen-bond donors (Lipinski definition) is 0. The van der Waals surface area contributed by atoms with E-state index in [9.17, 15) is 27.6 Å². The first-order valence-electron chi connectivity index (χ1n) is 10.6. The van der Waals surface area contributed by atoms with Crippen molar-refractivity contribution in [2.24, 2.45) is 5.92 Å². The summed E-state index contributed by atoms with van der Waals surface area (Å²) in [5.74, 6) is -0.952. The number of rotatable bonds is 5. The Labute approximate surface area is 182 Å². The van der Waals surface area contributed by atoms with Crippen LogP contribution in [0.15, 0.2) is 48.5 Å². The number of nitrogens with zero attached hydrogens (tertiary/aromatic N) is 2. The molecule has 166 valence electrons. The molecule has 0 N–H and O–H groups in total. The molecule has 1 heterocycles. The van der Waals surface area contributed by atoms with Gasteiger partial charge in [-0.05, 0) is 61.9 Å². The summed E-state index contributed by atoms with van der Waals surface area (Å²) in [5.41, 5.74) is -0.289. The van der Waals surface area contributed by atoms with Gasteiger partial charge < -0.3 is 4.90 Å². The van der Waals surface area contributed by atoms with Gasteiger partial charge in [0.2, 0.25) is 5.91 Å². The first-order valence-corrected chi connectivity index (χ1v) is 10.6. The minimum absolute atomic E-state index is 0.258. The van der Waals surface area contributed by atoms with Crippen molar-refractivity contribution in [2.45, 2.75) is 43.9 Å². The van der Waals surface area contributed by atoms with E-state index in [1.807, 2.05) is 0 Å². The highest BCUT2D eigenvalue weighted by Gasteiger charge is 2.62. The fourth-order valence-corrected chi connectivity index (χ4v) is 5.34. The Kier molecular flexibility index (Phi) is 4.48. The molecule has 3 saturated carbocycles. The van der Waals surface area contributed by atoms with Crippen molar-refractivity contribution >= 4 is 17.7 Å². The van der Waals surface area contributed by atoms with Gasteiger partial charge in [0.1, 0.15) is 6.54 Å². The highest BCUT2D eigenvalue weighted by Crippen LogP contribution is 2.62. The van der Waals surface area contributed by atoms with Gasteiger partial charge in [0, 0.05) is 5.54 Å². The molecular weight excluding hydrogens is 421 g/mol. The Morgan fingerprint density at radius 1 is 1.06 bits per heavy atom. The van der Waals surface area contributed by atoms with Crippen LogP contribution in [0.3, 0.4) is 0 Å². The number of amides is 3. The van der Waals surface area contributed by atoms with Crippen molar-refractivity contribution < 1.29 is 27.6 Å². The number of benzene rings is 2. The van der Waals surface area contributed by atoms with Crippen LogP contribution in [0.2, 0.25) is 0 Å². The van der Waals surface area contributed by atoms with Crippen LogP contribution in [0.25, 0.3) is 0 Å². The van der Waals surface area contributed by atoms with Gasteiger partial charge in [-0.2, -0.15) is 13.2 Å². The molecule has 1 atom stereocenters. The zero-order valence-electron chi connectivity index (χ0n) is 17.4. The molecular formula is C24H21F3N2O3. The Balaban J connectivity index is 1.43. The van der Waals surface area contributed by atoms with Gasteiger partial charge in [-0.15, -0.1) is 0 Å². The molecule has 3 aliphatic carbocycles. The number of alkyl halides is 3. The minimum Gasteiger partial charge on any atom is -0.329 e. The van der Waals surface area contributed by atoms with Gasteiger partial charge in [-0.1, -0.05) is 24.3 Å². The van der Waals surface area contributed by atoms with Crippen molar-refractivity contribution in [1.29, 1.82) is 0 Å². The van der Waals surface area contributed by atoms with Crippen molar-refractivity contribution in [3.05, 3.63) is 70.8 Å². The van der Waals surface area contributed by atoms with E-state index in [1.165, 1.54) is 6.07 Å². The molecule has 6 rings (SSSR count). The van der Waals surface area contributed by atoms with E-state index >= 15 is 0 Å². The molecule has 32 heavy (non-hydrogen) atoms. The van der Waals surface area contributed by atoms with Gasteiger partial charge in [0.25, 0.3) is 11.8 Å². The molecule has 3 fully saturated rings. The summed E-state index contributed by atoms with van der Waals surface area (Å²) < 4.78 is 39.7. The molecule has 2 aromatic rings. The Hall–Kier alpha value is -3.16. The average molecular weight is 442 g/mol. The van der Waals surface area contributed by atoms with Gasteiger partial charge in [0.15, 0.2) is 0 Å². The zero-order valence-corrected chi connectivity index (χ0v) is 17.4. The fourth-order valence-electron chi connectivity index (χ4n) is 5.34. The minimum atomic E-state index is -4.49. The molecule has 1 unspecified atom stereocenters. The fraction of sp³-hybridized carbons (Fsp3) is 0.375. The normalized spacial score (nSPS) is 24.5. The maximum atomic E-state index is 13.5. The molecule has 2 bridgehead atoms. The Morgan fingerprint density at radius 2 is 1.66 bits per heavy atom. The summed E-state index contributed by atoms with van der Waals surface area (Å²) in [5, 5.41) is 0. The molecule has 0 spiro atoms. The van der Waals surface area contributed by atoms with E-state index in [0.717, 1.165) is 36.3 Å². The first kappa shape index (κ1) is 20.7. The summed E-state index contributed by atoms with van der Waals surface area (Å²) in [7, 11) is 0. The van der Waals surface area contributed by atoms with Gasteiger partial charge in [-0.3, -0.25) is 19.3 Å².